The third kappa shape index (κ3) is 2.95. The summed E-state index contributed by atoms with van der Waals surface area (Å²) in [6.45, 7) is 1.99. The minimum Gasteiger partial charge on any atom is -0.465 e. The number of rotatable bonds is 5. The highest BCUT2D eigenvalue weighted by atomic mass is 35.5. The minimum absolute atomic E-state index is 0.0625. The van der Waals surface area contributed by atoms with Crippen LogP contribution in [0, 0.1) is 0 Å². The molecule has 116 valence electrons. The Bertz CT molecular complexity index is 742. The maximum absolute atomic E-state index is 12.5. The van der Waals surface area contributed by atoms with Crippen molar-refractivity contribution in [2.45, 2.75) is 32.4 Å². The number of ether oxygens (including phenoxy) is 1. The van der Waals surface area contributed by atoms with Crippen LogP contribution in [-0.2, 0) is 16.1 Å². The predicted molar refractivity (Wildman–Crippen MR) is 84.0 cm³/mol. The fraction of sp³-hybridized carbons (Fsp3) is 0.375. The average Bonchev–Trinajstić information content (AvgIpc) is 3.27. The van der Waals surface area contributed by atoms with E-state index in [1.54, 1.807) is 29.8 Å². The Balaban J connectivity index is 2.00. The smallest absolute Gasteiger partial charge is 0.329 e. The van der Waals surface area contributed by atoms with Gasteiger partial charge in [0.05, 0.1) is 12.3 Å². The highest BCUT2D eigenvalue weighted by Gasteiger charge is 2.29. The van der Waals surface area contributed by atoms with Crippen molar-refractivity contribution in [1.82, 2.24) is 9.13 Å². The summed E-state index contributed by atoms with van der Waals surface area (Å²) < 4.78 is 8.11. The molecular formula is C16H17ClN2O3. The summed E-state index contributed by atoms with van der Waals surface area (Å²) in [6, 6.07) is 7.57. The van der Waals surface area contributed by atoms with E-state index < -0.39 is 5.97 Å². The summed E-state index contributed by atoms with van der Waals surface area (Å²) in [5.74, 6) is -0.403. The van der Waals surface area contributed by atoms with Gasteiger partial charge in [-0.15, -0.1) is 0 Å². The van der Waals surface area contributed by atoms with E-state index in [1.165, 1.54) is 4.57 Å². The van der Waals surface area contributed by atoms with Crippen LogP contribution >= 0.6 is 11.6 Å². The van der Waals surface area contributed by atoms with Crippen LogP contribution in [0.1, 0.15) is 25.8 Å². The lowest BCUT2D eigenvalue weighted by Gasteiger charge is -2.05. The van der Waals surface area contributed by atoms with E-state index in [1.807, 2.05) is 12.1 Å². The Morgan fingerprint density at radius 1 is 1.32 bits per heavy atom. The Kier molecular flexibility index (Phi) is 4.07. The zero-order chi connectivity index (χ0) is 15.7. The molecule has 5 nitrogen and oxygen atoms in total. The Morgan fingerprint density at radius 2 is 2.00 bits per heavy atom. The van der Waals surface area contributed by atoms with Crippen molar-refractivity contribution in [3.8, 4) is 11.3 Å². The summed E-state index contributed by atoms with van der Waals surface area (Å²) in [6.07, 6.45) is 3.70. The van der Waals surface area contributed by atoms with Gasteiger partial charge >= 0.3 is 11.7 Å². The molecule has 1 saturated carbocycles. The first-order valence-corrected chi connectivity index (χ1v) is 7.71. The summed E-state index contributed by atoms with van der Waals surface area (Å²) in [4.78, 5) is 24.2. The highest BCUT2D eigenvalue weighted by Crippen LogP contribution is 2.37. The molecule has 0 radical (unpaired) electrons. The predicted octanol–water partition coefficient (Wildman–Crippen LogP) is 2.87. The van der Waals surface area contributed by atoms with E-state index >= 15 is 0 Å². The third-order valence-electron chi connectivity index (χ3n) is 3.65. The molecule has 6 heteroatoms. The first-order valence-electron chi connectivity index (χ1n) is 7.33. The lowest BCUT2D eigenvalue weighted by Crippen LogP contribution is -2.27. The van der Waals surface area contributed by atoms with Crippen molar-refractivity contribution < 1.29 is 9.53 Å². The number of halogens is 1. The van der Waals surface area contributed by atoms with Crippen LogP contribution in [0.4, 0.5) is 0 Å². The first kappa shape index (κ1) is 14.9. The van der Waals surface area contributed by atoms with Crippen LogP contribution in [0.25, 0.3) is 11.3 Å². The monoisotopic (exact) mass is 320 g/mol. The topological polar surface area (TPSA) is 53.2 Å². The molecule has 3 rings (SSSR count). The van der Waals surface area contributed by atoms with E-state index in [9.17, 15) is 9.59 Å². The molecule has 22 heavy (non-hydrogen) atoms. The largest absolute Gasteiger partial charge is 0.465 e. The van der Waals surface area contributed by atoms with Crippen LogP contribution in [-0.4, -0.2) is 21.7 Å². The van der Waals surface area contributed by atoms with Crippen molar-refractivity contribution in [3.63, 3.8) is 0 Å². The molecule has 0 N–H and O–H groups in total. The van der Waals surface area contributed by atoms with Gasteiger partial charge in [-0.25, -0.2) is 4.79 Å². The van der Waals surface area contributed by atoms with Crippen LogP contribution in [0.15, 0.2) is 35.3 Å². The van der Waals surface area contributed by atoms with Gasteiger partial charge in [-0.05, 0) is 37.5 Å². The molecule has 0 spiro atoms. The van der Waals surface area contributed by atoms with Gasteiger partial charge in [-0.2, -0.15) is 0 Å². The Labute approximate surface area is 133 Å². The summed E-state index contributed by atoms with van der Waals surface area (Å²) in [5.41, 5.74) is 1.56. The third-order valence-corrected chi connectivity index (χ3v) is 3.90. The molecule has 1 aliphatic rings. The maximum Gasteiger partial charge on any atom is 0.329 e. The molecule has 1 fully saturated rings. The van der Waals surface area contributed by atoms with Gasteiger partial charge < -0.3 is 4.74 Å². The lowest BCUT2D eigenvalue weighted by molar-refractivity contribution is -0.143. The number of benzene rings is 1. The fourth-order valence-electron chi connectivity index (χ4n) is 2.49. The molecule has 2 aromatic rings. The van der Waals surface area contributed by atoms with Crippen molar-refractivity contribution in [3.05, 3.63) is 46.0 Å². The van der Waals surface area contributed by atoms with Crippen LogP contribution in [0.2, 0.25) is 5.02 Å². The number of aromatic nitrogens is 2. The van der Waals surface area contributed by atoms with Gasteiger partial charge in [0.2, 0.25) is 0 Å². The number of carbonyl (C=O) groups excluding carboxylic acids is 1. The molecule has 1 aliphatic carbocycles. The van der Waals surface area contributed by atoms with E-state index in [0.717, 1.165) is 24.1 Å². The second-order valence-corrected chi connectivity index (χ2v) is 5.77. The lowest BCUT2D eigenvalue weighted by atomic mass is 10.1. The maximum atomic E-state index is 12.5. The molecule has 0 saturated heterocycles. The Hall–Kier alpha value is -2.01. The molecule has 0 amide bonds. The van der Waals surface area contributed by atoms with Gasteiger partial charge in [0.1, 0.15) is 6.54 Å². The number of hydrogen-bond acceptors (Lipinski definition) is 3. The van der Waals surface area contributed by atoms with Gasteiger partial charge in [0.15, 0.2) is 0 Å². The molecule has 1 aromatic heterocycles. The average molecular weight is 321 g/mol. The van der Waals surface area contributed by atoms with Crippen molar-refractivity contribution in [2.75, 3.05) is 6.61 Å². The molecule has 0 atom stereocenters. The van der Waals surface area contributed by atoms with Crippen molar-refractivity contribution >= 4 is 17.6 Å². The molecule has 0 unspecified atom stereocenters. The molecule has 0 aliphatic heterocycles. The zero-order valence-electron chi connectivity index (χ0n) is 12.3. The van der Waals surface area contributed by atoms with Crippen LogP contribution < -0.4 is 5.69 Å². The standard InChI is InChI=1S/C16H17ClN2O3/c1-2-22-15(20)10-18-9-14(11-3-5-12(17)6-4-11)19(16(18)21)13-7-8-13/h3-6,9,13H,2,7-8,10H2,1H3. The number of hydrogen-bond donors (Lipinski definition) is 0. The van der Waals surface area contributed by atoms with Crippen LogP contribution in [0.5, 0.6) is 0 Å². The quantitative estimate of drug-likeness (QED) is 0.796. The molecule has 1 aromatic carbocycles. The van der Waals surface area contributed by atoms with E-state index in [-0.39, 0.29) is 18.3 Å². The zero-order valence-corrected chi connectivity index (χ0v) is 13.0. The van der Waals surface area contributed by atoms with E-state index in [0.29, 0.717) is 11.6 Å². The number of esters is 1. The van der Waals surface area contributed by atoms with Gasteiger partial charge in [0, 0.05) is 17.3 Å². The number of imidazole rings is 1. The highest BCUT2D eigenvalue weighted by molar-refractivity contribution is 6.30. The summed E-state index contributed by atoms with van der Waals surface area (Å²) in [5, 5.41) is 0.648. The normalized spacial score (nSPS) is 14.1. The fourth-order valence-corrected chi connectivity index (χ4v) is 2.61. The second-order valence-electron chi connectivity index (χ2n) is 5.34. The molecule has 1 heterocycles. The van der Waals surface area contributed by atoms with Gasteiger partial charge in [-0.1, -0.05) is 23.7 Å². The Morgan fingerprint density at radius 3 is 2.59 bits per heavy atom. The minimum atomic E-state index is -0.403. The SMILES string of the molecule is CCOC(=O)Cn1cc(-c2ccc(Cl)cc2)n(C2CC2)c1=O. The van der Waals surface area contributed by atoms with Crippen molar-refractivity contribution in [2.24, 2.45) is 0 Å². The van der Waals surface area contributed by atoms with E-state index in [4.69, 9.17) is 16.3 Å². The van der Waals surface area contributed by atoms with E-state index in [2.05, 4.69) is 0 Å². The van der Waals surface area contributed by atoms with Crippen LogP contribution in [0.3, 0.4) is 0 Å². The summed E-state index contributed by atoms with van der Waals surface area (Å²) >= 11 is 5.92. The second kappa shape index (κ2) is 6.01. The number of nitrogens with zero attached hydrogens (tertiary/aromatic N) is 2. The van der Waals surface area contributed by atoms with Gasteiger partial charge in [0.25, 0.3) is 0 Å². The molecule has 0 bridgehead atoms. The number of carbonyl (C=O) groups is 1. The van der Waals surface area contributed by atoms with Gasteiger partial charge in [-0.3, -0.25) is 13.9 Å². The summed E-state index contributed by atoms with van der Waals surface area (Å²) in [7, 11) is 0. The molecular weight excluding hydrogens is 304 g/mol. The van der Waals surface area contributed by atoms with Crippen molar-refractivity contribution in [1.29, 1.82) is 0 Å². The first-order chi connectivity index (χ1) is 10.6.